The van der Waals surface area contributed by atoms with Gasteiger partial charge in [0.1, 0.15) is 11.3 Å². The van der Waals surface area contributed by atoms with E-state index in [-0.39, 0.29) is 5.56 Å². The highest BCUT2D eigenvalue weighted by Crippen LogP contribution is 2.29. The van der Waals surface area contributed by atoms with Crippen LogP contribution in [-0.4, -0.2) is 33.0 Å². The fourth-order valence-electron chi connectivity index (χ4n) is 2.68. The molecule has 0 atom stereocenters. The highest BCUT2D eigenvalue weighted by molar-refractivity contribution is 8.01. The van der Waals surface area contributed by atoms with E-state index in [0.29, 0.717) is 10.8 Å². The molecule has 1 aliphatic rings. The van der Waals surface area contributed by atoms with Gasteiger partial charge >= 0.3 is 0 Å². The van der Waals surface area contributed by atoms with E-state index in [1.807, 2.05) is 31.3 Å². The Bertz CT molecular complexity index is 959. The van der Waals surface area contributed by atoms with E-state index >= 15 is 0 Å². The van der Waals surface area contributed by atoms with Crippen molar-refractivity contribution in [3.05, 3.63) is 46.5 Å². The third kappa shape index (κ3) is 2.59. The van der Waals surface area contributed by atoms with Crippen molar-refractivity contribution in [1.29, 1.82) is 0 Å². The Kier molecular flexibility index (Phi) is 3.82. The molecule has 1 saturated heterocycles. The van der Waals surface area contributed by atoms with Crippen molar-refractivity contribution in [2.75, 3.05) is 17.9 Å². The first-order valence-corrected chi connectivity index (χ1v) is 8.65. The van der Waals surface area contributed by atoms with Crippen LogP contribution in [-0.2, 0) is 11.8 Å². The highest BCUT2D eigenvalue weighted by Gasteiger charge is 2.20. The molecule has 3 aromatic heterocycles. The van der Waals surface area contributed by atoms with E-state index in [4.69, 9.17) is 9.72 Å². The Balaban J connectivity index is 1.75. The molecule has 7 heteroatoms. The van der Waals surface area contributed by atoms with Crippen molar-refractivity contribution in [1.82, 2.24) is 14.5 Å². The number of rotatable bonds is 4. The summed E-state index contributed by atoms with van der Waals surface area (Å²) in [7, 11) is 1.76. The minimum Gasteiger partial charge on any atom is -0.379 e. The van der Waals surface area contributed by atoms with Crippen molar-refractivity contribution in [3.63, 3.8) is 0 Å². The Morgan fingerprint density at radius 2 is 2.21 bits per heavy atom. The third-order valence-electron chi connectivity index (χ3n) is 4.20. The number of fused-ring (bicyclic) bond motifs is 1. The lowest BCUT2D eigenvalue weighted by atomic mass is 10.1. The molecule has 0 aromatic carbocycles. The summed E-state index contributed by atoms with van der Waals surface area (Å²) in [6.45, 7) is 3.59. The van der Waals surface area contributed by atoms with Crippen LogP contribution in [0.15, 0.2) is 35.4 Å². The van der Waals surface area contributed by atoms with Crippen molar-refractivity contribution in [2.24, 2.45) is 7.05 Å². The zero-order chi connectivity index (χ0) is 16.7. The predicted molar refractivity (Wildman–Crippen MR) is 97.3 cm³/mol. The van der Waals surface area contributed by atoms with Gasteiger partial charge in [-0.25, -0.2) is 4.98 Å². The van der Waals surface area contributed by atoms with E-state index in [0.717, 1.165) is 41.2 Å². The average molecular weight is 342 g/mol. The molecule has 0 spiro atoms. The normalized spacial score (nSPS) is 14.8. The SMILES string of the molecule is Cc1ccc(-c2cn(C)c(=O)c3[nH]ccc23)nc1NSC1COC1. The summed E-state index contributed by atoms with van der Waals surface area (Å²) >= 11 is 1.65. The minimum absolute atomic E-state index is 0.0373. The number of aromatic nitrogens is 3. The standard InChI is InChI=1S/C17H18N4O2S/c1-10-3-4-14(19-16(10)20-24-11-8-23-9-11)13-7-21(2)17(22)15-12(13)5-6-18-15/h3-7,11,18H,8-9H2,1-2H3,(H,19,20). The summed E-state index contributed by atoms with van der Waals surface area (Å²) in [5.74, 6) is 0.849. The van der Waals surface area contributed by atoms with Crippen LogP contribution >= 0.6 is 11.9 Å². The summed E-state index contributed by atoms with van der Waals surface area (Å²) in [5.41, 5.74) is 3.43. The molecule has 0 saturated carbocycles. The van der Waals surface area contributed by atoms with Gasteiger partial charge in [-0.2, -0.15) is 0 Å². The Labute approximate surface area is 143 Å². The van der Waals surface area contributed by atoms with E-state index in [1.165, 1.54) is 0 Å². The second-order valence-electron chi connectivity index (χ2n) is 5.97. The van der Waals surface area contributed by atoms with Gasteiger partial charge in [-0.15, -0.1) is 0 Å². The Hall–Kier alpha value is -2.25. The minimum atomic E-state index is -0.0373. The summed E-state index contributed by atoms with van der Waals surface area (Å²) in [6.07, 6.45) is 3.63. The maximum atomic E-state index is 12.2. The van der Waals surface area contributed by atoms with Gasteiger partial charge in [0, 0.05) is 30.4 Å². The molecular formula is C17H18N4O2S. The van der Waals surface area contributed by atoms with Crippen LogP contribution in [0, 0.1) is 6.92 Å². The smallest absolute Gasteiger partial charge is 0.274 e. The Morgan fingerprint density at radius 3 is 2.96 bits per heavy atom. The van der Waals surface area contributed by atoms with Gasteiger partial charge in [-0.1, -0.05) is 6.07 Å². The first kappa shape index (κ1) is 15.3. The number of aryl methyl sites for hydroxylation is 2. The summed E-state index contributed by atoms with van der Waals surface area (Å²) in [5, 5.41) is 1.37. The van der Waals surface area contributed by atoms with Gasteiger partial charge in [0.25, 0.3) is 5.56 Å². The summed E-state index contributed by atoms with van der Waals surface area (Å²) < 4.78 is 10.1. The second-order valence-corrected chi connectivity index (χ2v) is 7.07. The molecule has 1 aliphatic heterocycles. The van der Waals surface area contributed by atoms with E-state index in [9.17, 15) is 4.79 Å². The Morgan fingerprint density at radius 1 is 1.38 bits per heavy atom. The van der Waals surface area contributed by atoms with Crippen LogP contribution in [0.25, 0.3) is 22.2 Å². The van der Waals surface area contributed by atoms with Gasteiger partial charge in [0.2, 0.25) is 0 Å². The molecule has 4 rings (SSSR count). The van der Waals surface area contributed by atoms with Crippen molar-refractivity contribution in [2.45, 2.75) is 12.2 Å². The van der Waals surface area contributed by atoms with Gasteiger partial charge < -0.3 is 19.0 Å². The second kappa shape index (κ2) is 5.99. The first-order valence-electron chi connectivity index (χ1n) is 7.77. The quantitative estimate of drug-likeness (QED) is 0.713. The lowest BCUT2D eigenvalue weighted by molar-refractivity contribution is 0.0457. The molecule has 2 N–H and O–H groups in total. The number of nitrogens with one attached hydrogen (secondary N) is 2. The zero-order valence-corrected chi connectivity index (χ0v) is 14.3. The number of nitrogens with zero attached hydrogens (tertiary/aromatic N) is 2. The van der Waals surface area contributed by atoms with Gasteiger partial charge in [-0.05, 0) is 36.6 Å². The number of pyridine rings is 2. The maximum Gasteiger partial charge on any atom is 0.274 e. The summed E-state index contributed by atoms with van der Waals surface area (Å²) in [4.78, 5) is 20.0. The van der Waals surface area contributed by atoms with Crippen molar-refractivity contribution >= 4 is 28.7 Å². The topological polar surface area (TPSA) is 71.9 Å². The van der Waals surface area contributed by atoms with Crippen LogP contribution in [0.5, 0.6) is 0 Å². The lowest BCUT2D eigenvalue weighted by Crippen LogP contribution is -2.31. The maximum absolute atomic E-state index is 12.2. The van der Waals surface area contributed by atoms with E-state index in [2.05, 4.69) is 9.71 Å². The van der Waals surface area contributed by atoms with Gasteiger partial charge in [-0.3, -0.25) is 4.79 Å². The first-order chi connectivity index (χ1) is 11.6. The van der Waals surface area contributed by atoms with Crippen molar-refractivity contribution < 1.29 is 4.74 Å². The fraction of sp³-hybridized carbons (Fsp3) is 0.294. The largest absolute Gasteiger partial charge is 0.379 e. The number of aromatic amines is 1. The molecule has 1 fully saturated rings. The molecule has 124 valence electrons. The van der Waals surface area contributed by atoms with Crippen LogP contribution in [0.4, 0.5) is 5.82 Å². The fourth-order valence-corrected chi connectivity index (χ4v) is 3.49. The monoisotopic (exact) mass is 342 g/mol. The number of anilines is 1. The van der Waals surface area contributed by atoms with Gasteiger partial charge in [0.05, 0.1) is 24.2 Å². The molecule has 4 heterocycles. The van der Waals surface area contributed by atoms with E-state index < -0.39 is 0 Å². The number of hydrogen-bond acceptors (Lipinski definition) is 5. The molecule has 6 nitrogen and oxygen atoms in total. The lowest BCUT2D eigenvalue weighted by Gasteiger charge is -2.25. The molecule has 24 heavy (non-hydrogen) atoms. The number of hydrogen-bond donors (Lipinski definition) is 2. The zero-order valence-electron chi connectivity index (χ0n) is 13.5. The molecular weight excluding hydrogens is 324 g/mol. The van der Waals surface area contributed by atoms with Gasteiger partial charge in [0.15, 0.2) is 0 Å². The highest BCUT2D eigenvalue weighted by atomic mass is 32.2. The van der Waals surface area contributed by atoms with Crippen LogP contribution < -0.4 is 10.3 Å². The summed E-state index contributed by atoms with van der Waals surface area (Å²) in [6, 6.07) is 5.96. The molecule has 0 aliphatic carbocycles. The number of H-pyrrole nitrogens is 1. The molecule has 0 bridgehead atoms. The van der Waals surface area contributed by atoms with Crippen molar-refractivity contribution in [3.8, 4) is 11.3 Å². The van der Waals surface area contributed by atoms with E-state index in [1.54, 1.807) is 29.8 Å². The van der Waals surface area contributed by atoms with Crippen LogP contribution in [0.1, 0.15) is 5.56 Å². The third-order valence-corrected chi connectivity index (χ3v) is 5.11. The molecule has 0 unspecified atom stereocenters. The van der Waals surface area contributed by atoms with Crippen LogP contribution in [0.2, 0.25) is 0 Å². The average Bonchev–Trinajstić information content (AvgIpc) is 3.01. The predicted octanol–water partition coefficient (Wildman–Crippen LogP) is 2.70. The molecule has 3 aromatic rings. The number of ether oxygens (including phenoxy) is 1. The van der Waals surface area contributed by atoms with Crippen LogP contribution in [0.3, 0.4) is 0 Å². The molecule has 0 amide bonds. The molecule has 0 radical (unpaired) electrons.